The number of hydrogen-bond donors (Lipinski definition) is 0. The fourth-order valence-corrected chi connectivity index (χ4v) is 1.62. The van der Waals surface area contributed by atoms with E-state index >= 15 is 0 Å². The van der Waals surface area contributed by atoms with Crippen molar-refractivity contribution < 1.29 is 9.28 Å². The Labute approximate surface area is 89.9 Å². The van der Waals surface area contributed by atoms with Crippen molar-refractivity contribution in [3.63, 3.8) is 0 Å². The van der Waals surface area contributed by atoms with E-state index in [0.717, 1.165) is 6.29 Å². The second-order valence-corrected chi connectivity index (χ2v) is 3.59. The summed E-state index contributed by atoms with van der Waals surface area (Å²) in [6.07, 6.45) is 2.83. The van der Waals surface area contributed by atoms with Crippen molar-refractivity contribution in [2.24, 2.45) is 0 Å². The van der Waals surface area contributed by atoms with Crippen LogP contribution in [0.4, 0.5) is 0 Å². The van der Waals surface area contributed by atoms with Crippen LogP contribution in [0, 0.1) is 0 Å². The zero-order valence-electron chi connectivity index (χ0n) is 10.7. The van der Waals surface area contributed by atoms with Crippen molar-refractivity contribution in [3.8, 4) is 0 Å². The molecule has 0 aliphatic heterocycles. The third-order valence-electron chi connectivity index (χ3n) is 2.88. The first-order valence-corrected chi connectivity index (χ1v) is 5.94. The molecular formula is C12H28NO+. The Hall–Kier alpha value is -0.370. The molecular weight excluding hydrogens is 174 g/mol. The lowest BCUT2D eigenvalue weighted by Crippen LogP contribution is -2.47. The van der Waals surface area contributed by atoms with E-state index in [1.807, 2.05) is 6.92 Å². The molecule has 0 aliphatic carbocycles. The van der Waals surface area contributed by atoms with Gasteiger partial charge in [-0.05, 0) is 27.2 Å². The monoisotopic (exact) mass is 202 g/mol. The Morgan fingerprint density at radius 2 is 1.29 bits per heavy atom. The van der Waals surface area contributed by atoms with E-state index in [-0.39, 0.29) is 0 Å². The molecule has 0 rings (SSSR count). The molecule has 0 aromatic heterocycles. The van der Waals surface area contributed by atoms with Crippen LogP contribution >= 0.6 is 0 Å². The molecule has 0 unspecified atom stereocenters. The third kappa shape index (κ3) is 7.07. The van der Waals surface area contributed by atoms with Gasteiger partial charge in [-0.15, -0.1) is 0 Å². The van der Waals surface area contributed by atoms with Crippen molar-refractivity contribution in [1.82, 2.24) is 0 Å². The molecule has 0 N–H and O–H groups in total. The molecule has 0 spiro atoms. The number of rotatable bonds is 6. The Morgan fingerprint density at radius 3 is 1.36 bits per heavy atom. The van der Waals surface area contributed by atoms with Gasteiger partial charge < -0.3 is 9.28 Å². The summed E-state index contributed by atoms with van der Waals surface area (Å²) in [6, 6.07) is 0. The van der Waals surface area contributed by atoms with Gasteiger partial charge in [0.1, 0.15) is 6.29 Å². The molecule has 0 heterocycles. The summed E-state index contributed by atoms with van der Waals surface area (Å²) in [6.45, 7) is 16.2. The summed E-state index contributed by atoms with van der Waals surface area (Å²) < 4.78 is 1.30. The van der Waals surface area contributed by atoms with Crippen LogP contribution < -0.4 is 0 Å². The number of hydrogen-bond acceptors (Lipinski definition) is 1. The summed E-state index contributed by atoms with van der Waals surface area (Å²) in [5, 5.41) is 0. The summed E-state index contributed by atoms with van der Waals surface area (Å²) in [5.74, 6) is 0. The molecule has 2 nitrogen and oxygen atoms in total. The zero-order chi connectivity index (χ0) is 11.4. The Bertz CT molecular complexity index is 111. The van der Waals surface area contributed by atoms with Crippen LogP contribution in [0.2, 0.25) is 0 Å². The van der Waals surface area contributed by atoms with Crippen LogP contribution in [-0.2, 0) is 4.79 Å². The first-order valence-electron chi connectivity index (χ1n) is 5.94. The Balaban J connectivity index is 0. The number of quaternary nitrogens is 1. The second kappa shape index (κ2) is 10.7. The Morgan fingerprint density at radius 1 is 0.929 bits per heavy atom. The normalized spacial score (nSPS) is 10.4. The van der Waals surface area contributed by atoms with Crippen LogP contribution in [0.5, 0.6) is 0 Å². The SMILES string of the molecule is CCC=O.CCC[N+](CC)(CC)CC. The lowest BCUT2D eigenvalue weighted by Gasteiger charge is -2.35. The maximum absolute atomic E-state index is 9.17. The highest BCUT2D eigenvalue weighted by Gasteiger charge is 2.17. The van der Waals surface area contributed by atoms with E-state index in [4.69, 9.17) is 0 Å². The highest BCUT2D eigenvalue weighted by atomic mass is 16.1. The summed E-state index contributed by atoms with van der Waals surface area (Å²) >= 11 is 0. The minimum atomic E-state index is 0.639. The van der Waals surface area contributed by atoms with E-state index in [9.17, 15) is 4.79 Å². The van der Waals surface area contributed by atoms with Gasteiger partial charge in [0.25, 0.3) is 0 Å². The molecule has 86 valence electrons. The highest BCUT2D eigenvalue weighted by molar-refractivity contribution is 5.48. The smallest absolute Gasteiger partial charge is 0.119 e. The van der Waals surface area contributed by atoms with Crippen LogP contribution in [-0.4, -0.2) is 36.9 Å². The lowest BCUT2D eigenvalue weighted by atomic mass is 10.3. The fourth-order valence-electron chi connectivity index (χ4n) is 1.62. The van der Waals surface area contributed by atoms with Crippen molar-refractivity contribution in [2.75, 3.05) is 26.2 Å². The third-order valence-corrected chi connectivity index (χ3v) is 2.88. The average Bonchev–Trinajstić information content (AvgIpc) is 2.26. The molecule has 0 fully saturated rings. The van der Waals surface area contributed by atoms with E-state index < -0.39 is 0 Å². The average molecular weight is 202 g/mol. The zero-order valence-corrected chi connectivity index (χ0v) is 10.7. The van der Waals surface area contributed by atoms with Gasteiger partial charge in [-0.2, -0.15) is 0 Å². The molecule has 0 saturated heterocycles. The van der Waals surface area contributed by atoms with Crippen molar-refractivity contribution in [2.45, 2.75) is 47.5 Å². The number of carbonyl (C=O) groups excluding carboxylic acids is 1. The van der Waals surface area contributed by atoms with E-state index in [1.54, 1.807) is 0 Å². The minimum Gasteiger partial charge on any atom is -0.324 e. The van der Waals surface area contributed by atoms with Gasteiger partial charge in [0.15, 0.2) is 0 Å². The lowest BCUT2D eigenvalue weighted by molar-refractivity contribution is -0.923. The molecule has 0 saturated carbocycles. The number of carbonyl (C=O) groups is 1. The van der Waals surface area contributed by atoms with Crippen molar-refractivity contribution in [3.05, 3.63) is 0 Å². The quantitative estimate of drug-likeness (QED) is 0.478. The molecule has 14 heavy (non-hydrogen) atoms. The largest absolute Gasteiger partial charge is 0.324 e. The summed E-state index contributed by atoms with van der Waals surface area (Å²) in [5.41, 5.74) is 0. The van der Waals surface area contributed by atoms with Crippen molar-refractivity contribution in [1.29, 1.82) is 0 Å². The predicted octanol–water partition coefficient (Wildman–Crippen LogP) is 2.87. The van der Waals surface area contributed by atoms with E-state index in [0.29, 0.717) is 6.42 Å². The molecule has 0 bridgehead atoms. The summed E-state index contributed by atoms with van der Waals surface area (Å²) in [7, 11) is 0. The van der Waals surface area contributed by atoms with Gasteiger partial charge in [0, 0.05) is 6.42 Å². The molecule has 0 amide bonds. The van der Waals surface area contributed by atoms with Crippen LogP contribution in [0.25, 0.3) is 0 Å². The molecule has 0 atom stereocenters. The van der Waals surface area contributed by atoms with Gasteiger partial charge in [0.05, 0.1) is 26.2 Å². The maximum Gasteiger partial charge on any atom is 0.119 e. The van der Waals surface area contributed by atoms with Gasteiger partial charge in [-0.3, -0.25) is 0 Å². The molecule has 0 aliphatic rings. The van der Waals surface area contributed by atoms with E-state index in [1.165, 1.54) is 37.1 Å². The van der Waals surface area contributed by atoms with Gasteiger partial charge in [0.2, 0.25) is 0 Å². The maximum atomic E-state index is 9.17. The molecule has 0 radical (unpaired) electrons. The van der Waals surface area contributed by atoms with Crippen LogP contribution in [0.3, 0.4) is 0 Å². The topological polar surface area (TPSA) is 17.1 Å². The van der Waals surface area contributed by atoms with E-state index in [2.05, 4.69) is 27.7 Å². The van der Waals surface area contributed by atoms with Crippen LogP contribution in [0.15, 0.2) is 0 Å². The van der Waals surface area contributed by atoms with Crippen LogP contribution in [0.1, 0.15) is 47.5 Å². The molecule has 2 heteroatoms. The molecule has 0 aromatic carbocycles. The highest BCUT2D eigenvalue weighted by Crippen LogP contribution is 2.06. The first kappa shape index (κ1) is 16.1. The van der Waals surface area contributed by atoms with Gasteiger partial charge in [-0.25, -0.2) is 0 Å². The fraction of sp³-hybridized carbons (Fsp3) is 0.917. The number of aldehydes is 1. The van der Waals surface area contributed by atoms with Gasteiger partial charge in [-0.1, -0.05) is 13.8 Å². The molecule has 0 aromatic rings. The predicted molar refractivity (Wildman–Crippen MR) is 63.4 cm³/mol. The second-order valence-electron chi connectivity index (χ2n) is 3.59. The standard InChI is InChI=1S/C9H22N.C3H6O/c1-5-9-10(6-2,7-3)8-4;1-2-3-4/h5-9H2,1-4H3;3H,2H2,1H3/q+1;. The minimum absolute atomic E-state index is 0.639. The first-order chi connectivity index (χ1) is 6.66. The number of nitrogens with zero attached hydrogens (tertiary/aromatic N) is 1. The van der Waals surface area contributed by atoms with Crippen molar-refractivity contribution >= 4 is 6.29 Å². The summed E-state index contributed by atoms with van der Waals surface area (Å²) in [4.78, 5) is 9.17. The Kier molecular flexibility index (Phi) is 12.3. The van der Waals surface area contributed by atoms with Gasteiger partial charge >= 0.3 is 0 Å².